The number of amides is 1. The molecule has 0 bridgehead atoms. The molecule has 0 unspecified atom stereocenters. The van der Waals surface area contributed by atoms with Crippen LogP contribution in [0.5, 0.6) is 0 Å². The highest BCUT2D eigenvalue weighted by atomic mass is 16.6. The first-order valence-electron chi connectivity index (χ1n) is 10.7. The lowest BCUT2D eigenvalue weighted by Gasteiger charge is -2.32. The maximum Gasteiger partial charge on any atom is 0.414 e. The zero-order valence-corrected chi connectivity index (χ0v) is 17.8. The highest BCUT2D eigenvalue weighted by Gasteiger charge is 2.30. The van der Waals surface area contributed by atoms with Crippen LogP contribution in [0, 0.1) is 10.1 Å². The molecule has 8 nitrogen and oxygen atoms in total. The number of nitro benzene ring substituents is 1. The highest BCUT2D eigenvalue weighted by molar-refractivity contribution is 6.09. The summed E-state index contributed by atoms with van der Waals surface area (Å²) >= 11 is 0. The summed E-state index contributed by atoms with van der Waals surface area (Å²) in [6, 6.07) is 19.2. The molecule has 33 heavy (non-hydrogen) atoms. The number of fused-ring (bicyclic) bond motifs is 1. The Morgan fingerprint density at radius 2 is 1.76 bits per heavy atom. The van der Waals surface area contributed by atoms with E-state index >= 15 is 0 Å². The maximum absolute atomic E-state index is 12.8. The van der Waals surface area contributed by atoms with Crippen molar-refractivity contribution in [2.24, 2.45) is 0 Å². The standard InChI is InChI=1S/C25H21N3O5/c29-24(17-5-2-1-3-6-17)18-9-10-22(23(15-18)28(31)32)26-12-11-20-19(16-26)7-4-8-21(20)27-13-14-33-25(27)30/h1-10,15H,11-14,16H2. The third-order valence-corrected chi connectivity index (χ3v) is 6.10. The molecule has 5 rings (SSSR count). The monoisotopic (exact) mass is 443 g/mol. The van der Waals surface area contributed by atoms with Crippen LogP contribution in [0.4, 0.5) is 21.9 Å². The van der Waals surface area contributed by atoms with Crippen molar-refractivity contribution in [2.75, 3.05) is 29.5 Å². The van der Waals surface area contributed by atoms with Gasteiger partial charge in [0.1, 0.15) is 12.3 Å². The average Bonchev–Trinajstić information content (AvgIpc) is 3.28. The minimum atomic E-state index is -0.441. The number of carbonyl (C=O) groups is 2. The van der Waals surface area contributed by atoms with Crippen molar-refractivity contribution in [3.05, 3.63) is 99.1 Å². The second kappa shape index (κ2) is 8.38. The van der Waals surface area contributed by atoms with Crippen LogP contribution in [0.3, 0.4) is 0 Å². The summed E-state index contributed by atoms with van der Waals surface area (Å²) in [6.07, 6.45) is 0.289. The highest BCUT2D eigenvalue weighted by Crippen LogP contribution is 2.36. The Balaban J connectivity index is 1.45. The van der Waals surface area contributed by atoms with Crippen LogP contribution in [-0.4, -0.2) is 36.5 Å². The van der Waals surface area contributed by atoms with Gasteiger partial charge in [-0.2, -0.15) is 0 Å². The summed E-state index contributed by atoms with van der Waals surface area (Å²) in [5.41, 5.74) is 4.06. The molecule has 3 aromatic carbocycles. The number of anilines is 2. The molecule has 166 valence electrons. The Hall–Kier alpha value is -4.20. The SMILES string of the molecule is O=C(c1ccccc1)c1ccc(N2CCc3c(cccc3N3CCOC3=O)C2)c([N+](=O)[O-])c1. The van der Waals surface area contributed by atoms with Gasteiger partial charge in [-0.05, 0) is 35.7 Å². The molecule has 0 atom stereocenters. The molecule has 2 aliphatic rings. The van der Waals surface area contributed by atoms with Crippen molar-refractivity contribution in [3.63, 3.8) is 0 Å². The van der Waals surface area contributed by atoms with Crippen LogP contribution < -0.4 is 9.80 Å². The second-order valence-corrected chi connectivity index (χ2v) is 8.01. The summed E-state index contributed by atoms with van der Waals surface area (Å²) in [6.45, 7) is 1.91. The molecule has 0 saturated carbocycles. The van der Waals surface area contributed by atoms with Crippen molar-refractivity contribution >= 4 is 28.9 Å². The molecular weight excluding hydrogens is 422 g/mol. The third-order valence-electron chi connectivity index (χ3n) is 6.10. The summed E-state index contributed by atoms with van der Waals surface area (Å²) < 4.78 is 5.08. The Labute approximate surface area is 190 Å². The van der Waals surface area contributed by atoms with Gasteiger partial charge in [-0.15, -0.1) is 0 Å². The van der Waals surface area contributed by atoms with Gasteiger partial charge in [0, 0.05) is 30.3 Å². The largest absolute Gasteiger partial charge is 0.447 e. The van der Waals surface area contributed by atoms with Crippen molar-refractivity contribution in [1.29, 1.82) is 0 Å². The number of hydrogen-bond acceptors (Lipinski definition) is 6. The fraction of sp³-hybridized carbons (Fsp3) is 0.200. The molecule has 2 heterocycles. The number of nitrogens with zero attached hydrogens (tertiary/aromatic N) is 3. The van der Waals surface area contributed by atoms with E-state index in [0.29, 0.717) is 43.9 Å². The second-order valence-electron chi connectivity index (χ2n) is 8.01. The van der Waals surface area contributed by atoms with Crippen LogP contribution >= 0.6 is 0 Å². The molecule has 0 aromatic heterocycles. The van der Waals surface area contributed by atoms with Gasteiger partial charge in [0.05, 0.1) is 17.2 Å². The fourth-order valence-corrected chi connectivity index (χ4v) is 4.49. The molecule has 1 amide bonds. The van der Waals surface area contributed by atoms with Gasteiger partial charge in [0.15, 0.2) is 5.78 Å². The van der Waals surface area contributed by atoms with Crippen LogP contribution in [0.15, 0.2) is 66.7 Å². The minimum Gasteiger partial charge on any atom is -0.447 e. The molecule has 1 fully saturated rings. The average molecular weight is 443 g/mol. The van der Waals surface area contributed by atoms with Gasteiger partial charge >= 0.3 is 6.09 Å². The van der Waals surface area contributed by atoms with Crippen molar-refractivity contribution in [1.82, 2.24) is 0 Å². The van der Waals surface area contributed by atoms with Crippen molar-refractivity contribution in [3.8, 4) is 0 Å². The smallest absolute Gasteiger partial charge is 0.414 e. The van der Waals surface area contributed by atoms with E-state index in [1.165, 1.54) is 6.07 Å². The summed E-state index contributed by atoms with van der Waals surface area (Å²) in [7, 11) is 0. The first-order valence-corrected chi connectivity index (χ1v) is 10.7. The van der Waals surface area contributed by atoms with Gasteiger partial charge in [0.25, 0.3) is 5.69 Å². The van der Waals surface area contributed by atoms with Gasteiger partial charge in [-0.25, -0.2) is 4.79 Å². The number of ketones is 1. The number of carbonyl (C=O) groups excluding carboxylic acids is 2. The Morgan fingerprint density at radius 1 is 0.939 bits per heavy atom. The molecule has 1 saturated heterocycles. The maximum atomic E-state index is 12.8. The van der Waals surface area contributed by atoms with E-state index in [9.17, 15) is 19.7 Å². The van der Waals surface area contributed by atoms with Crippen LogP contribution in [0.2, 0.25) is 0 Å². The number of hydrogen-bond donors (Lipinski definition) is 0. The quantitative estimate of drug-likeness (QED) is 0.331. The zero-order valence-electron chi connectivity index (χ0n) is 17.8. The molecule has 0 N–H and O–H groups in total. The molecule has 3 aromatic rings. The zero-order chi connectivity index (χ0) is 22.9. The molecule has 0 spiro atoms. The van der Waals surface area contributed by atoms with E-state index in [1.807, 2.05) is 29.2 Å². The molecule has 0 radical (unpaired) electrons. The fourth-order valence-electron chi connectivity index (χ4n) is 4.49. The van der Waals surface area contributed by atoms with Crippen LogP contribution in [-0.2, 0) is 17.7 Å². The van der Waals surface area contributed by atoms with E-state index in [-0.39, 0.29) is 23.1 Å². The van der Waals surface area contributed by atoms with Gasteiger partial charge in [-0.1, -0.05) is 42.5 Å². The lowest BCUT2D eigenvalue weighted by atomic mass is 9.96. The minimum absolute atomic E-state index is 0.0977. The lowest BCUT2D eigenvalue weighted by Crippen LogP contribution is -2.33. The van der Waals surface area contributed by atoms with Gasteiger partial charge in [0.2, 0.25) is 0 Å². The number of rotatable bonds is 5. The van der Waals surface area contributed by atoms with E-state index < -0.39 is 4.92 Å². The molecule has 0 aliphatic carbocycles. The number of cyclic esters (lactones) is 1. The van der Waals surface area contributed by atoms with Crippen LogP contribution in [0.25, 0.3) is 0 Å². The lowest BCUT2D eigenvalue weighted by molar-refractivity contribution is -0.384. The molecule has 2 aliphatic heterocycles. The van der Waals surface area contributed by atoms with Crippen LogP contribution in [0.1, 0.15) is 27.0 Å². The predicted molar refractivity (Wildman–Crippen MR) is 123 cm³/mol. The number of ether oxygens (including phenoxy) is 1. The van der Waals surface area contributed by atoms with E-state index in [4.69, 9.17) is 4.74 Å². The van der Waals surface area contributed by atoms with E-state index in [2.05, 4.69) is 0 Å². The molecular formula is C25H21N3O5. The van der Waals surface area contributed by atoms with Gasteiger partial charge in [-0.3, -0.25) is 19.8 Å². The topological polar surface area (TPSA) is 93.0 Å². The van der Waals surface area contributed by atoms with Crippen molar-refractivity contribution < 1.29 is 19.2 Å². The number of nitro groups is 1. The first-order chi connectivity index (χ1) is 16.0. The summed E-state index contributed by atoms with van der Waals surface area (Å²) in [4.78, 5) is 39.9. The Bertz CT molecular complexity index is 1260. The third kappa shape index (κ3) is 3.80. The normalized spacial score (nSPS) is 15.2. The first kappa shape index (κ1) is 20.7. The van der Waals surface area contributed by atoms with Gasteiger partial charge < -0.3 is 9.64 Å². The molecule has 8 heteroatoms. The number of benzene rings is 3. The summed E-state index contributed by atoms with van der Waals surface area (Å²) in [5.74, 6) is -0.253. The Kier molecular flexibility index (Phi) is 5.26. The van der Waals surface area contributed by atoms with E-state index in [1.54, 1.807) is 41.3 Å². The van der Waals surface area contributed by atoms with E-state index in [0.717, 1.165) is 16.8 Å². The van der Waals surface area contributed by atoms with Crippen molar-refractivity contribution in [2.45, 2.75) is 13.0 Å². The predicted octanol–water partition coefficient (Wildman–Crippen LogP) is 4.35. The summed E-state index contributed by atoms with van der Waals surface area (Å²) in [5, 5.41) is 11.9. The Morgan fingerprint density at radius 3 is 2.48 bits per heavy atom.